The molecule has 3 aliphatic heterocycles. The number of fused-ring (bicyclic) bond motifs is 1. The van der Waals surface area contributed by atoms with Crippen molar-refractivity contribution in [2.45, 2.75) is 50.2 Å². The number of hydrogen-bond acceptors (Lipinski definition) is 7. The van der Waals surface area contributed by atoms with Crippen molar-refractivity contribution in [1.82, 2.24) is 9.80 Å². The summed E-state index contributed by atoms with van der Waals surface area (Å²) in [6.07, 6.45) is 2.99. The second-order valence-electron chi connectivity index (χ2n) is 9.85. The molecule has 1 aromatic rings. The maximum atomic E-state index is 13.2. The zero-order valence-electron chi connectivity index (χ0n) is 20.6. The highest BCUT2D eigenvalue weighted by atomic mass is 16.5. The summed E-state index contributed by atoms with van der Waals surface area (Å²) in [5, 5.41) is 0. The number of nitrogens with zero attached hydrogens (tertiary/aromatic N) is 3. The second kappa shape index (κ2) is 9.94. The Morgan fingerprint density at radius 3 is 2.31 bits per heavy atom. The van der Waals surface area contributed by atoms with Gasteiger partial charge in [-0.1, -0.05) is 0 Å². The van der Waals surface area contributed by atoms with E-state index in [1.807, 2.05) is 4.90 Å². The fourth-order valence-electron chi connectivity index (χ4n) is 5.35. The van der Waals surface area contributed by atoms with E-state index >= 15 is 0 Å². The minimum Gasteiger partial charge on any atom is -0.465 e. The number of carbonyl (C=O) groups excluding carboxylic acids is 4. The SMILES string of the molecule is COC(=O)c1ccc2c(c1)C(C(N)=O)C(=O)N2C1CCN(CC(=O)N2CCC(C)(OC)CC2)CC1. The first-order valence-electron chi connectivity index (χ1n) is 12.1. The Morgan fingerprint density at radius 1 is 1.09 bits per heavy atom. The highest BCUT2D eigenvalue weighted by Crippen LogP contribution is 2.41. The topological polar surface area (TPSA) is 122 Å². The van der Waals surface area contributed by atoms with E-state index in [0.717, 1.165) is 12.8 Å². The molecule has 0 radical (unpaired) electrons. The lowest BCUT2D eigenvalue weighted by atomic mass is 9.93. The van der Waals surface area contributed by atoms with Crippen molar-refractivity contribution < 1.29 is 28.7 Å². The zero-order chi connectivity index (χ0) is 25.3. The van der Waals surface area contributed by atoms with Crippen LogP contribution in [0.15, 0.2) is 18.2 Å². The Bertz CT molecular complexity index is 1010. The lowest BCUT2D eigenvalue weighted by Gasteiger charge is -2.40. The normalized spacial score (nSPS) is 22.7. The molecule has 0 aromatic heterocycles. The van der Waals surface area contributed by atoms with Gasteiger partial charge in [0, 0.05) is 45.0 Å². The number of piperidine rings is 2. The molecule has 3 aliphatic rings. The van der Waals surface area contributed by atoms with E-state index in [2.05, 4.69) is 11.8 Å². The fourth-order valence-corrected chi connectivity index (χ4v) is 5.35. The molecule has 2 fully saturated rings. The number of rotatable bonds is 6. The van der Waals surface area contributed by atoms with E-state index in [1.54, 1.807) is 24.1 Å². The summed E-state index contributed by atoms with van der Waals surface area (Å²) in [4.78, 5) is 55.8. The molecule has 0 bridgehead atoms. The van der Waals surface area contributed by atoms with E-state index in [9.17, 15) is 19.2 Å². The van der Waals surface area contributed by atoms with Crippen LogP contribution in [0.3, 0.4) is 0 Å². The number of nitrogens with two attached hydrogens (primary N) is 1. The van der Waals surface area contributed by atoms with Crippen LogP contribution < -0.4 is 10.6 Å². The summed E-state index contributed by atoms with van der Waals surface area (Å²) < 4.78 is 10.3. The lowest BCUT2D eigenvalue weighted by molar-refractivity contribution is -0.137. The molecule has 2 N–H and O–H groups in total. The smallest absolute Gasteiger partial charge is 0.337 e. The third kappa shape index (κ3) is 4.90. The van der Waals surface area contributed by atoms with E-state index < -0.39 is 17.8 Å². The summed E-state index contributed by atoms with van der Waals surface area (Å²) in [6, 6.07) is 4.69. The molecule has 190 valence electrons. The molecule has 10 heteroatoms. The highest BCUT2D eigenvalue weighted by molar-refractivity contribution is 6.17. The molecule has 10 nitrogen and oxygen atoms in total. The number of amides is 3. The molecule has 1 atom stereocenters. The Labute approximate surface area is 205 Å². The molecule has 1 unspecified atom stereocenters. The van der Waals surface area contributed by atoms with E-state index in [0.29, 0.717) is 56.8 Å². The third-order valence-electron chi connectivity index (χ3n) is 7.74. The van der Waals surface area contributed by atoms with Crippen molar-refractivity contribution >= 4 is 29.4 Å². The first-order valence-corrected chi connectivity index (χ1v) is 12.1. The van der Waals surface area contributed by atoms with Crippen molar-refractivity contribution in [3.05, 3.63) is 29.3 Å². The minimum absolute atomic E-state index is 0.113. The molecule has 0 spiro atoms. The number of esters is 1. The minimum atomic E-state index is -1.12. The molecule has 4 rings (SSSR count). The molecule has 3 amide bonds. The van der Waals surface area contributed by atoms with Gasteiger partial charge in [0.25, 0.3) is 0 Å². The largest absolute Gasteiger partial charge is 0.465 e. The number of benzene rings is 1. The maximum absolute atomic E-state index is 13.2. The van der Waals surface area contributed by atoms with Crippen LogP contribution in [-0.4, -0.2) is 92.1 Å². The van der Waals surface area contributed by atoms with Crippen molar-refractivity contribution in [2.75, 3.05) is 51.8 Å². The average Bonchev–Trinajstić information content (AvgIpc) is 3.15. The molecule has 2 saturated heterocycles. The predicted molar refractivity (Wildman–Crippen MR) is 128 cm³/mol. The van der Waals surface area contributed by atoms with Crippen LogP contribution >= 0.6 is 0 Å². The molecule has 0 saturated carbocycles. The van der Waals surface area contributed by atoms with E-state index in [-0.39, 0.29) is 29.0 Å². The molecule has 35 heavy (non-hydrogen) atoms. The van der Waals surface area contributed by atoms with Crippen LogP contribution in [-0.2, 0) is 23.9 Å². The van der Waals surface area contributed by atoms with Gasteiger partial charge < -0.3 is 25.0 Å². The highest BCUT2D eigenvalue weighted by Gasteiger charge is 2.45. The number of carbonyl (C=O) groups is 4. The van der Waals surface area contributed by atoms with Crippen LogP contribution in [0.4, 0.5) is 5.69 Å². The van der Waals surface area contributed by atoms with Gasteiger partial charge in [0.1, 0.15) is 5.92 Å². The summed E-state index contributed by atoms with van der Waals surface area (Å²) in [7, 11) is 2.99. The zero-order valence-corrected chi connectivity index (χ0v) is 20.6. The Kier molecular flexibility index (Phi) is 7.14. The van der Waals surface area contributed by atoms with E-state index in [1.165, 1.54) is 13.2 Å². The van der Waals surface area contributed by atoms with Crippen LogP contribution in [0, 0.1) is 0 Å². The number of ether oxygens (including phenoxy) is 2. The van der Waals surface area contributed by atoms with Crippen molar-refractivity contribution in [2.24, 2.45) is 5.73 Å². The number of hydrogen-bond donors (Lipinski definition) is 1. The van der Waals surface area contributed by atoms with Crippen molar-refractivity contribution in [1.29, 1.82) is 0 Å². The van der Waals surface area contributed by atoms with Gasteiger partial charge in [0.05, 0.1) is 24.8 Å². The summed E-state index contributed by atoms with van der Waals surface area (Å²) in [5.74, 6) is -2.65. The van der Waals surface area contributed by atoms with Gasteiger partial charge in [-0.15, -0.1) is 0 Å². The molecular weight excluding hydrogens is 452 g/mol. The first kappa shape index (κ1) is 25.1. The lowest BCUT2D eigenvalue weighted by Crippen LogP contribution is -2.52. The summed E-state index contributed by atoms with van der Waals surface area (Å²) in [6.45, 7) is 5.16. The van der Waals surface area contributed by atoms with Gasteiger partial charge in [-0.25, -0.2) is 4.79 Å². The molecule has 3 heterocycles. The number of primary amides is 1. The fraction of sp³-hybridized carbons (Fsp3) is 0.600. The summed E-state index contributed by atoms with van der Waals surface area (Å²) >= 11 is 0. The summed E-state index contributed by atoms with van der Waals surface area (Å²) in [5.41, 5.74) is 6.72. The monoisotopic (exact) mass is 486 g/mol. The van der Waals surface area contributed by atoms with Gasteiger partial charge in [0.2, 0.25) is 17.7 Å². The van der Waals surface area contributed by atoms with Crippen LogP contribution in [0.5, 0.6) is 0 Å². The standard InChI is InChI=1S/C25H34N4O6/c1-25(35-3)8-12-28(13-9-25)20(30)15-27-10-6-17(7-11-27)29-19-5-4-16(24(33)34-2)14-18(19)21(22(26)31)23(29)32/h4-5,14,17,21H,6-13,15H2,1-3H3,(H2,26,31). The van der Waals surface area contributed by atoms with Crippen LogP contribution in [0.2, 0.25) is 0 Å². The van der Waals surface area contributed by atoms with Gasteiger partial charge in [-0.05, 0) is 56.4 Å². The van der Waals surface area contributed by atoms with Gasteiger partial charge in [-0.3, -0.25) is 19.3 Å². The number of methoxy groups -OCH3 is 2. The van der Waals surface area contributed by atoms with Gasteiger partial charge >= 0.3 is 5.97 Å². The molecule has 0 aliphatic carbocycles. The van der Waals surface area contributed by atoms with Crippen molar-refractivity contribution in [3.63, 3.8) is 0 Å². The second-order valence-corrected chi connectivity index (χ2v) is 9.85. The third-order valence-corrected chi connectivity index (χ3v) is 7.74. The van der Waals surface area contributed by atoms with Gasteiger partial charge in [0.15, 0.2) is 0 Å². The maximum Gasteiger partial charge on any atom is 0.337 e. The number of likely N-dealkylation sites (tertiary alicyclic amines) is 2. The Morgan fingerprint density at radius 2 is 1.74 bits per heavy atom. The average molecular weight is 487 g/mol. The Hall–Kier alpha value is -2.98. The van der Waals surface area contributed by atoms with Gasteiger partial charge in [-0.2, -0.15) is 0 Å². The number of anilines is 1. The van der Waals surface area contributed by atoms with E-state index in [4.69, 9.17) is 15.2 Å². The van der Waals surface area contributed by atoms with Crippen LogP contribution in [0.25, 0.3) is 0 Å². The molecular formula is C25H34N4O6. The Balaban J connectivity index is 1.40. The van der Waals surface area contributed by atoms with Crippen LogP contribution in [0.1, 0.15) is 54.4 Å². The molecule has 1 aromatic carbocycles. The van der Waals surface area contributed by atoms with Crippen molar-refractivity contribution in [3.8, 4) is 0 Å². The predicted octanol–water partition coefficient (Wildman–Crippen LogP) is 0.881. The first-order chi connectivity index (χ1) is 16.7. The quantitative estimate of drug-likeness (QED) is 0.468.